The Morgan fingerprint density at radius 3 is 2.02 bits per heavy atom. The number of nitrogens with two attached hydrogens (primary N) is 2. The summed E-state index contributed by atoms with van der Waals surface area (Å²) in [5.74, 6) is 0. The van der Waals surface area contributed by atoms with E-state index in [9.17, 15) is 36.3 Å². The van der Waals surface area contributed by atoms with E-state index in [4.69, 9.17) is 39.8 Å². The van der Waals surface area contributed by atoms with Gasteiger partial charge in [-0.1, -0.05) is 44.0 Å². The molecular formula is C25H37Cl2N7O9S4. The first kappa shape index (κ1) is 38.9. The first-order chi connectivity index (χ1) is 21.6. The summed E-state index contributed by atoms with van der Waals surface area (Å²) in [6.45, 7) is 6.52. The van der Waals surface area contributed by atoms with Gasteiger partial charge in [0, 0.05) is 31.7 Å². The molecule has 16 nitrogen and oxygen atoms in total. The van der Waals surface area contributed by atoms with Crippen LogP contribution in [0.1, 0.15) is 46.5 Å². The van der Waals surface area contributed by atoms with Crippen LogP contribution in [0.3, 0.4) is 0 Å². The van der Waals surface area contributed by atoms with E-state index >= 15 is 0 Å². The highest BCUT2D eigenvalue weighted by Crippen LogP contribution is 2.37. The number of carbonyl (C=O) groups excluding carboxylic acids is 1. The molecule has 4 amide bonds. The van der Waals surface area contributed by atoms with Gasteiger partial charge in [0.05, 0.1) is 26.1 Å². The zero-order valence-electron chi connectivity index (χ0n) is 25.5. The van der Waals surface area contributed by atoms with E-state index in [1.165, 1.54) is 17.0 Å². The Morgan fingerprint density at radius 2 is 1.49 bits per heavy atom. The van der Waals surface area contributed by atoms with Gasteiger partial charge in [-0.05, 0) is 43.2 Å². The molecule has 4 heterocycles. The smallest absolute Gasteiger partial charge is 0.407 e. The quantitative estimate of drug-likeness (QED) is 0.212. The highest BCUT2D eigenvalue weighted by Gasteiger charge is 2.43. The molecule has 2 aromatic rings. The molecule has 1 unspecified atom stereocenters. The molecule has 0 bridgehead atoms. The number of likely N-dealkylation sites (tertiary alicyclic amines) is 2. The first-order valence-corrected chi connectivity index (χ1v) is 19.4. The zero-order valence-corrected chi connectivity index (χ0v) is 30.3. The number of sulfonamides is 2. The predicted octanol–water partition coefficient (Wildman–Crippen LogP) is 4.13. The third kappa shape index (κ3) is 10.2. The molecule has 0 aromatic carbocycles. The van der Waals surface area contributed by atoms with Crippen molar-refractivity contribution in [1.82, 2.24) is 19.2 Å². The topological polar surface area (TPSA) is 255 Å². The van der Waals surface area contributed by atoms with Crippen molar-refractivity contribution in [2.45, 2.75) is 73.0 Å². The lowest BCUT2D eigenvalue weighted by atomic mass is 9.78. The van der Waals surface area contributed by atoms with Gasteiger partial charge in [0.1, 0.15) is 0 Å². The number of thiophene rings is 2. The molecule has 0 spiro atoms. The fourth-order valence-electron chi connectivity index (χ4n) is 5.51. The standard InChI is InChI=1S/C14H22ClN3O4S2.C11H15ClN4O5S2/c1-14(2,3)11-9(5-4-6-18(11)13(19)20)17-24(21,22)12-8(16)7-10(15)23-12;12-8-4-7(14-10(13)17)9(22-8)23(20,21)15-6-2-1-3-16(5-6)11(18)19/h7,9,11,17H,4-6,16H2,1-3H3,(H,19,20);4,6,15H,1-3,5H2,(H,18,19)(H3,13,14,17)/t9-,11?;6-/m00/s1. The fourth-order valence-corrected chi connectivity index (χ4v) is 11.6. The normalized spacial score (nSPS) is 20.7. The number of rotatable bonds is 7. The van der Waals surface area contributed by atoms with Crippen molar-refractivity contribution in [2.24, 2.45) is 11.1 Å². The molecule has 2 aromatic heterocycles. The maximum Gasteiger partial charge on any atom is 0.407 e. The van der Waals surface area contributed by atoms with Gasteiger partial charge < -0.3 is 36.8 Å². The van der Waals surface area contributed by atoms with Crippen molar-refractivity contribution < 1.29 is 41.4 Å². The molecule has 2 aliphatic rings. The Morgan fingerprint density at radius 1 is 0.915 bits per heavy atom. The lowest BCUT2D eigenvalue weighted by molar-refractivity contribution is 0.0434. The molecule has 22 heteroatoms. The van der Waals surface area contributed by atoms with Crippen molar-refractivity contribution in [2.75, 3.05) is 30.7 Å². The van der Waals surface area contributed by atoms with Gasteiger partial charge in [-0.2, -0.15) is 0 Å². The fraction of sp³-hybridized carbons (Fsp3) is 0.560. The number of carbonyl (C=O) groups is 3. The summed E-state index contributed by atoms with van der Waals surface area (Å²) in [7, 11) is -7.84. The van der Waals surface area contributed by atoms with Crippen LogP contribution >= 0.6 is 45.9 Å². The van der Waals surface area contributed by atoms with Crippen LogP contribution in [0.25, 0.3) is 0 Å². The highest BCUT2D eigenvalue weighted by atomic mass is 35.5. The predicted molar refractivity (Wildman–Crippen MR) is 181 cm³/mol. The summed E-state index contributed by atoms with van der Waals surface area (Å²) in [5.41, 5.74) is 10.4. The van der Waals surface area contributed by atoms with E-state index in [2.05, 4.69) is 14.8 Å². The third-order valence-corrected chi connectivity index (χ3v) is 13.8. The van der Waals surface area contributed by atoms with Gasteiger partial charge in [-0.3, -0.25) is 0 Å². The Hall–Kier alpha value is -2.59. The van der Waals surface area contributed by atoms with Gasteiger partial charge in [-0.25, -0.2) is 40.7 Å². The molecule has 0 radical (unpaired) electrons. The Balaban J connectivity index is 0.000000256. The van der Waals surface area contributed by atoms with Crippen LogP contribution in [-0.2, 0) is 20.0 Å². The van der Waals surface area contributed by atoms with Gasteiger partial charge in [-0.15, -0.1) is 22.7 Å². The number of piperidine rings is 2. The van der Waals surface area contributed by atoms with Crippen LogP contribution in [0.15, 0.2) is 20.6 Å². The second kappa shape index (κ2) is 15.3. The monoisotopic (exact) mass is 777 g/mol. The van der Waals surface area contributed by atoms with Crippen LogP contribution in [0, 0.1) is 5.41 Å². The minimum atomic E-state index is -3.97. The number of nitrogens with one attached hydrogen (secondary N) is 3. The summed E-state index contributed by atoms with van der Waals surface area (Å²) in [5, 5.41) is 20.7. The average Bonchev–Trinajstić information content (AvgIpc) is 3.48. The highest BCUT2D eigenvalue weighted by molar-refractivity contribution is 7.92. The van der Waals surface area contributed by atoms with E-state index in [0.29, 0.717) is 38.8 Å². The van der Waals surface area contributed by atoms with Crippen LogP contribution < -0.4 is 26.2 Å². The Labute approximate surface area is 290 Å². The van der Waals surface area contributed by atoms with Crippen LogP contribution in [0.4, 0.5) is 25.8 Å². The van der Waals surface area contributed by atoms with Crippen LogP contribution in [0.2, 0.25) is 8.67 Å². The lowest BCUT2D eigenvalue weighted by Crippen LogP contribution is -2.61. The maximum absolute atomic E-state index is 12.7. The number of carboxylic acid groups (broad SMARTS) is 2. The number of primary amides is 1. The Kier molecular flexibility index (Phi) is 12.7. The lowest BCUT2D eigenvalue weighted by Gasteiger charge is -2.46. The average molecular weight is 779 g/mol. The number of hydrogen-bond acceptors (Lipinski definition) is 10. The van der Waals surface area contributed by atoms with Gasteiger partial charge in [0.25, 0.3) is 20.0 Å². The van der Waals surface area contributed by atoms with Crippen molar-refractivity contribution in [3.63, 3.8) is 0 Å². The Bertz CT molecular complexity index is 1690. The number of amides is 4. The summed E-state index contributed by atoms with van der Waals surface area (Å²) in [6, 6.07) is 0.218. The summed E-state index contributed by atoms with van der Waals surface area (Å²) in [4.78, 5) is 36.0. The first-order valence-electron chi connectivity index (χ1n) is 14.0. The zero-order chi connectivity index (χ0) is 35.5. The minimum absolute atomic E-state index is 0.00843. The molecule has 4 rings (SSSR count). The number of nitrogen functional groups attached to an aromatic ring is 1. The van der Waals surface area contributed by atoms with E-state index in [0.717, 1.165) is 27.6 Å². The number of anilines is 2. The van der Waals surface area contributed by atoms with Gasteiger partial charge in [0.15, 0.2) is 8.42 Å². The summed E-state index contributed by atoms with van der Waals surface area (Å²) >= 11 is 13.3. The van der Waals surface area contributed by atoms with E-state index in [-0.39, 0.29) is 35.0 Å². The molecule has 2 fully saturated rings. The molecule has 0 saturated carbocycles. The number of hydrogen-bond donors (Lipinski definition) is 7. The third-order valence-electron chi connectivity index (χ3n) is 7.19. The SMILES string of the molecule is CC(C)(C)C1[C@@H](NS(=O)(=O)c2sc(Cl)cc2N)CCCN1C(=O)O.NC(=O)Nc1cc(Cl)sc1S(=O)(=O)N[C@H]1CCCN(C(=O)O)C1. The van der Waals surface area contributed by atoms with Crippen molar-refractivity contribution >= 4 is 95.5 Å². The molecule has 264 valence electrons. The summed E-state index contributed by atoms with van der Waals surface area (Å²) in [6.07, 6.45) is 0.0794. The second-order valence-electron chi connectivity index (χ2n) is 11.9. The van der Waals surface area contributed by atoms with Crippen LogP contribution in [0.5, 0.6) is 0 Å². The number of halogens is 2. The van der Waals surface area contributed by atoms with Crippen molar-refractivity contribution in [1.29, 1.82) is 0 Å². The number of urea groups is 1. The molecule has 3 atom stereocenters. The van der Waals surface area contributed by atoms with Gasteiger partial charge in [0.2, 0.25) is 0 Å². The molecular weight excluding hydrogens is 741 g/mol. The number of nitrogens with zero attached hydrogens (tertiary/aromatic N) is 2. The van der Waals surface area contributed by atoms with E-state index < -0.39 is 61.8 Å². The van der Waals surface area contributed by atoms with E-state index in [1.807, 2.05) is 20.8 Å². The molecule has 2 aliphatic heterocycles. The largest absolute Gasteiger partial charge is 0.465 e. The molecule has 47 heavy (non-hydrogen) atoms. The van der Waals surface area contributed by atoms with E-state index in [1.54, 1.807) is 0 Å². The molecule has 2 saturated heterocycles. The van der Waals surface area contributed by atoms with Gasteiger partial charge >= 0.3 is 18.2 Å². The van der Waals surface area contributed by atoms with Crippen molar-refractivity contribution in [3.8, 4) is 0 Å². The second-order valence-corrected chi connectivity index (χ2v) is 19.1. The molecule has 9 N–H and O–H groups in total. The van der Waals surface area contributed by atoms with Crippen molar-refractivity contribution in [3.05, 3.63) is 20.8 Å². The summed E-state index contributed by atoms with van der Waals surface area (Å²) < 4.78 is 55.7. The van der Waals surface area contributed by atoms with Crippen LogP contribution in [-0.4, -0.2) is 92.8 Å². The maximum atomic E-state index is 12.7. The minimum Gasteiger partial charge on any atom is -0.465 e. The molecule has 0 aliphatic carbocycles.